The van der Waals surface area contributed by atoms with E-state index < -0.39 is 17.3 Å². The summed E-state index contributed by atoms with van der Waals surface area (Å²) in [6, 6.07) is 6.93. The molecule has 1 aromatic rings. The van der Waals surface area contributed by atoms with Crippen LogP contribution in [0.2, 0.25) is 0 Å². The number of carboxylic acid groups (broad SMARTS) is 1. The smallest absolute Gasteiger partial charge is 0.319 e. The summed E-state index contributed by atoms with van der Waals surface area (Å²) in [5, 5.41) is 11.7. The lowest BCUT2D eigenvalue weighted by molar-refractivity contribution is -0.147. The summed E-state index contributed by atoms with van der Waals surface area (Å²) in [4.78, 5) is 37.1. The molecule has 3 rings (SSSR count). The van der Waals surface area contributed by atoms with E-state index >= 15 is 0 Å². The maximum Gasteiger partial charge on any atom is 0.319 e. The first kappa shape index (κ1) is 16.4. The maximum absolute atomic E-state index is 12.2. The summed E-state index contributed by atoms with van der Waals surface area (Å²) in [5.74, 6) is -1.50. The number of aliphatic carboxylic acids is 1. The molecule has 1 saturated carbocycles. The second-order valence-electron chi connectivity index (χ2n) is 6.21. The molecule has 0 unspecified atom stereocenters. The molecule has 1 aromatic carbocycles. The zero-order valence-corrected chi connectivity index (χ0v) is 13.3. The second-order valence-corrected chi connectivity index (χ2v) is 6.21. The Labute approximate surface area is 139 Å². The first-order chi connectivity index (χ1) is 11.5. The molecular weight excluding hydrogens is 312 g/mol. The number of morpholine rings is 1. The van der Waals surface area contributed by atoms with Gasteiger partial charge in [0.25, 0.3) is 0 Å². The molecule has 7 heteroatoms. The highest BCUT2D eigenvalue weighted by Gasteiger charge is 2.57. The number of carbonyl (C=O) groups is 3. The van der Waals surface area contributed by atoms with Gasteiger partial charge in [0.1, 0.15) is 5.41 Å². The average Bonchev–Trinajstić information content (AvgIpc) is 3.39. The molecule has 0 aromatic heterocycles. The minimum atomic E-state index is -1.26. The zero-order chi connectivity index (χ0) is 17.2. The SMILES string of the molecule is O=C(Cc1ccc(NC(=O)C2(C(=O)O)CC2)cc1)N1CCOCC1. The fourth-order valence-corrected chi connectivity index (χ4v) is 2.72. The molecule has 0 atom stereocenters. The van der Waals surface area contributed by atoms with Crippen molar-refractivity contribution in [3.05, 3.63) is 29.8 Å². The fraction of sp³-hybridized carbons (Fsp3) is 0.471. The van der Waals surface area contributed by atoms with Crippen molar-refractivity contribution in [3.63, 3.8) is 0 Å². The Morgan fingerprint density at radius 2 is 1.75 bits per heavy atom. The van der Waals surface area contributed by atoms with E-state index in [1.807, 2.05) is 0 Å². The lowest BCUT2D eigenvalue weighted by atomic mass is 10.1. The molecule has 0 bridgehead atoms. The van der Waals surface area contributed by atoms with Crippen LogP contribution in [0.5, 0.6) is 0 Å². The average molecular weight is 332 g/mol. The Morgan fingerprint density at radius 1 is 1.12 bits per heavy atom. The van der Waals surface area contributed by atoms with Gasteiger partial charge in [0.2, 0.25) is 11.8 Å². The van der Waals surface area contributed by atoms with Crippen molar-refractivity contribution in [3.8, 4) is 0 Å². The van der Waals surface area contributed by atoms with Gasteiger partial charge in [-0.05, 0) is 30.5 Å². The Hall–Kier alpha value is -2.41. The van der Waals surface area contributed by atoms with Crippen LogP contribution in [0.1, 0.15) is 18.4 Å². The quantitative estimate of drug-likeness (QED) is 0.781. The van der Waals surface area contributed by atoms with Gasteiger partial charge in [-0.15, -0.1) is 0 Å². The van der Waals surface area contributed by atoms with E-state index in [0.717, 1.165) is 5.56 Å². The summed E-state index contributed by atoms with van der Waals surface area (Å²) in [6.45, 7) is 2.37. The van der Waals surface area contributed by atoms with E-state index in [1.165, 1.54) is 0 Å². The van der Waals surface area contributed by atoms with Crippen LogP contribution >= 0.6 is 0 Å². The van der Waals surface area contributed by atoms with Gasteiger partial charge in [-0.1, -0.05) is 12.1 Å². The lowest BCUT2D eigenvalue weighted by Gasteiger charge is -2.26. The first-order valence-electron chi connectivity index (χ1n) is 8.00. The van der Waals surface area contributed by atoms with Gasteiger partial charge in [0.05, 0.1) is 19.6 Å². The van der Waals surface area contributed by atoms with Crippen LogP contribution in [0.3, 0.4) is 0 Å². The molecule has 128 valence electrons. The number of nitrogens with zero attached hydrogens (tertiary/aromatic N) is 1. The third-order valence-electron chi connectivity index (χ3n) is 4.52. The predicted molar refractivity (Wildman–Crippen MR) is 85.5 cm³/mol. The number of carboxylic acids is 1. The number of amides is 2. The minimum Gasteiger partial charge on any atom is -0.480 e. The van der Waals surface area contributed by atoms with Crippen LogP contribution in [0, 0.1) is 5.41 Å². The molecule has 7 nitrogen and oxygen atoms in total. The Balaban J connectivity index is 1.56. The lowest BCUT2D eigenvalue weighted by Crippen LogP contribution is -2.41. The van der Waals surface area contributed by atoms with Gasteiger partial charge in [0, 0.05) is 18.8 Å². The Bertz CT molecular complexity index is 645. The van der Waals surface area contributed by atoms with Crippen LogP contribution in [-0.2, 0) is 25.5 Å². The van der Waals surface area contributed by atoms with Crippen molar-refractivity contribution in [1.29, 1.82) is 0 Å². The Kier molecular flexibility index (Phi) is 4.53. The van der Waals surface area contributed by atoms with E-state index in [-0.39, 0.29) is 5.91 Å². The summed E-state index contributed by atoms with van der Waals surface area (Å²) >= 11 is 0. The minimum absolute atomic E-state index is 0.0536. The molecule has 1 aliphatic heterocycles. The number of hydrogen-bond acceptors (Lipinski definition) is 4. The summed E-state index contributed by atoms with van der Waals surface area (Å²) in [5.41, 5.74) is 0.129. The van der Waals surface area contributed by atoms with Crippen LogP contribution in [-0.4, -0.2) is 54.1 Å². The Morgan fingerprint density at radius 3 is 2.29 bits per heavy atom. The van der Waals surface area contributed by atoms with E-state index in [9.17, 15) is 14.4 Å². The number of anilines is 1. The van der Waals surface area contributed by atoms with Gasteiger partial charge in [-0.2, -0.15) is 0 Å². The van der Waals surface area contributed by atoms with Crippen LogP contribution in [0.15, 0.2) is 24.3 Å². The maximum atomic E-state index is 12.2. The molecule has 0 spiro atoms. The molecule has 2 aliphatic rings. The highest BCUT2D eigenvalue weighted by atomic mass is 16.5. The third kappa shape index (κ3) is 3.41. The van der Waals surface area contributed by atoms with Crippen molar-refractivity contribution in [2.75, 3.05) is 31.6 Å². The van der Waals surface area contributed by atoms with E-state index in [1.54, 1.807) is 29.2 Å². The van der Waals surface area contributed by atoms with Crippen molar-refractivity contribution in [2.45, 2.75) is 19.3 Å². The molecule has 1 aliphatic carbocycles. The molecule has 2 amide bonds. The largest absolute Gasteiger partial charge is 0.480 e. The predicted octanol–water partition coefficient (Wildman–Crippen LogP) is 0.891. The number of hydrogen-bond donors (Lipinski definition) is 2. The van der Waals surface area contributed by atoms with Crippen molar-refractivity contribution >= 4 is 23.5 Å². The second kappa shape index (κ2) is 6.60. The standard InChI is InChI=1S/C17H20N2O5/c20-14(19-7-9-24-10-8-19)11-12-1-3-13(4-2-12)18-15(21)17(5-6-17)16(22)23/h1-4H,5-11H2,(H,18,21)(H,22,23). The van der Waals surface area contributed by atoms with Gasteiger partial charge < -0.3 is 20.1 Å². The topological polar surface area (TPSA) is 95.9 Å². The van der Waals surface area contributed by atoms with Crippen molar-refractivity contribution < 1.29 is 24.2 Å². The van der Waals surface area contributed by atoms with Gasteiger partial charge >= 0.3 is 5.97 Å². The number of nitrogens with one attached hydrogen (secondary N) is 1. The zero-order valence-electron chi connectivity index (χ0n) is 13.3. The van der Waals surface area contributed by atoms with Gasteiger partial charge in [0.15, 0.2) is 0 Å². The molecule has 2 N–H and O–H groups in total. The van der Waals surface area contributed by atoms with Gasteiger partial charge in [-0.25, -0.2) is 0 Å². The van der Waals surface area contributed by atoms with E-state index in [2.05, 4.69) is 5.32 Å². The van der Waals surface area contributed by atoms with Gasteiger partial charge in [-0.3, -0.25) is 14.4 Å². The number of rotatable bonds is 5. The molecule has 0 radical (unpaired) electrons. The van der Waals surface area contributed by atoms with Crippen LogP contribution < -0.4 is 5.32 Å². The summed E-state index contributed by atoms with van der Waals surface area (Å²) in [6.07, 6.45) is 1.05. The van der Waals surface area contributed by atoms with Crippen LogP contribution in [0.4, 0.5) is 5.69 Å². The molecular formula is C17H20N2O5. The molecule has 1 saturated heterocycles. The summed E-state index contributed by atoms with van der Waals surface area (Å²) < 4.78 is 5.23. The molecule has 2 fully saturated rings. The highest BCUT2D eigenvalue weighted by molar-refractivity contribution is 6.10. The number of ether oxygens (including phenoxy) is 1. The number of benzene rings is 1. The fourth-order valence-electron chi connectivity index (χ4n) is 2.72. The van der Waals surface area contributed by atoms with E-state index in [0.29, 0.717) is 51.3 Å². The number of carbonyl (C=O) groups excluding carboxylic acids is 2. The third-order valence-corrected chi connectivity index (χ3v) is 4.52. The van der Waals surface area contributed by atoms with Crippen molar-refractivity contribution in [1.82, 2.24) is 4.90 Å². The highest BCUT2D eigenvalue weighted by Crippen LogP contribution is 2.46. The molecule has 24 heavy (non-hydrogen) atoms. The van der Waals surface area contributed by atoms with Crippen molar-refractivity contribution in [2.24, 2.45) is 5.41 Å². The molecule has 1 heterocycles. The van der Waals surface area contributed by atoms with Crippen LogP contribution in [0.25, 0.3) is 0 Å². The van der Waals surface area contributed by atoms with E-state index in [4.69, 9.17) is 9.84 Å². The normalized spacial score (nSPS) is 18.8. The monoisotopic (exact) mass is 332 g/mol. The summed E-state index contributed by atoms with van der Waals surface area (Å²) in [7, 11) is 0. The first-order valence-corrected chi connectivity index (χ1v) is 8.00.